The van der Waals surface area contributed by atoms with Crippen molar-refractivity contribution in [3.05, 3.63) is 45.5 Å². The van der Waals surface area contributed by atoms with E-state index in [1.165, 1.54) is 12.2 Å². The molecule has 0 amide bonds. The first-order valence-corrected chi connectivity index (χ1v) is 5.62. The van der Waals surface area contributed by atoms with Gasteiger partial charge in [-0.25, -0.2) is 0 Å². The number of nitro benzene ring substituents is 1. The Labute approximate surface area is 107 Å². The summed E-state index contributed by atoms with van der Waals surface area (Å²) in [5, 5.41) is 10.5. The van der Waals surface area contributed by atoms with Crippen LogP contribution in [-0.4, -0.2) is 10.7 Å². The number of rotatable bonds is 4. The van der Waals surface area contributed by atoms with Gasteiger partial charge in [0, 0.05) is 12.1 Å². The van der Waals surface area contributed by atoms with Crippen molar-refractivity contribution in [1.82, 2.24) is 0 Å². The standard InChI is InChI=1S/C11H10F3NO2S/c12-11(13,14)10-5-4-9(15(16)17)7-8(10)3-1-2-6-18/h1,3-5,7,18H,2,6H2. The van der Waals surface area contributed by atoms with Gasteiger partial charge in [0.2, 0.25) is 0 Å². The van der Waals surface area contributed by atoms with Crippen LogP contribution >= 0.6 is 12.6 Å². The van der Waals surface area contributed by atoms with Crippen molar-refractivity contribution in [1.29, 1.82) is 0 Å². The SMILES string of the molecule is O=[N+]([O-])c1ccc(C(F)(F)F)c(C=CCCS)c1. The molecule has 0 fully saturated rings. The lowest BCUT2D eigenvalue weighted by Gasteiger charge is -2.09. The normalized spacial score (nSPS) is 12.0. The minimum Gasteiger partial charge on any atom is -0.258 e. The molecule has 7 heteroatoms. The Hall–Kier alpha value is -1.50. The summed E-state index contributed by atoms with van der Waals surface area (Å²) < 4.78 is 38.0. The van der Waals surface area contributed by atoms with Crippen LogP contribution in [-0.2, 0) is 6.18 Å². The van der Waals surface area contributed by atoms with Gasteiger partial charge in [-0.2, -0.15) is 25.8 Å². The summed E-state index contributed by atoms with van der Waals surface area (Å²) in [5.74, 6) is 0.493. The summed E-state index contributed by atoms with van der Waals surface area (Å²) in [6.07, 6.45) is -1.31. The fourth-order valence-electron chi connectivity index (χ4n) is 1.34. The minimum atomic E-state index is -4.53. The molecular formula is C11H10F3NO2S. The van der Waals surface area contributed by atoms with E-state index in [-0.39, 0.29) is 11.3 Å². The van der Waals surface area contributed by atoms with E-state index in [0.717, 1.165) is 18.2 Å². The highest BCUT2D eigenvalue weighted by atomic mass is 32.1. The van der Waals surface area contributed by atoms with Crippen LogP contribution in [0.1, 0.15) is 17.5 Å². The molecule has 0 N–H and O–H groups in total. The average Bonchev–Trinajstić information content (AvgIpc) is 2.27. The number of halogens is 3. The molecule has 0 spiro atoms. The Balaban J connectivity index is 3.22. The van der Waals surface area contributed by atoms with Crippen molar-refractivity contribution in [2.24, 2.45) is 0 Å². The summed E-state index contributed by atoms with van der Waals surface area (Å²) in [7, 11) is 0. The van der Waals surface area contributed by atoms with Gasteiger partial charge in [-0.1, -0.05) is 12.2 Å². The van der Waals surface area contributed by atoms with Crippen molar-refractivity contribution < 1.29 is 18.1 Å². The van der Waals surface area contributed by atoms with E-state index in [0.29, 0.717) is 12.2 Å². The number of nitro groups is 1. The Bertz CT molecular complexity index is 472. The maximum Gasteiger partial charge on any atom is 0.416 e. The van der Waals surface area contributed by atoms with Gasteiger partial charge in [0.1, 0.15) is 0 Å². The molecule has 0 aromatic heterocycles. The average molecular weight is 277 g/mol. The predicted molar refractivity (Wildman–Crippen MR) is 65.6 cm³/mol. The van der Waals surface area contributed by atoms with E-state index in [1.54, 1.807) is 0 Å². The van der Waals surface area contributed by atoms with Crippen LogP contribution in [0.3, 0.4) is 0 Å². The van der Waals surface area contributed by atoms with Crippen molar-refractivity contribution >= 4 is 24.4 Å². The van der Waals surface area contributed by atoms with Crippen LogP contribution in [0.5, 0.6) is 0 Å². The molecule has 1 rings (SSSR count). The number of hydrogen-bond acceptors (Lipinski definition) is 3. The van der Waals surface area contributed by atoms with Crippen LogP contribution in [0.25, 0.3) is 6.08 Å². The molecule has 98 valence electrons. The number of hydrogen-bond donors (Lipinski definition) is 1. The largest absolute Gasteiger partial charge is 0.416 e. The summed E-state index contributed by atoms with van der Waals surface area (Å²) in [4.78, 5) is 9.81. The minimum absolute atomic E-state index is 0.210. The topological polar surface area (TPSA) is 43.1 Å². The highest BCUT2D eigenvalue weighted by Gasteiger charge is 2.33. The summed E-state index contributed by atoms with van der Waals surface area (Å²) >= 11 is 3.92. The summed E-state index contributed by atoms with van der Waals surface area (Å²) in [5.41, 5.74) is -1.46. The Morgan fingerprint density at radius 1 is 1.39 bits per heavy atom. The van der Waals surface area contributed by atoms with E-state index < -0.39 is 16.7 Å². The molecule has 0 saturated heterocycles. The number of thiol groups is 1. The molecule has 0 bridgehead atoms. The van der Waals surface area contributed by atoms with Gasteiger partial charge < -0.3 is 0 Å². The number of benzene rings is 1. The molecule has 1 aromatic carbocycles. The lowest BCUT2D eigenvalue weighted by atomic mass is 10.1. The van der Waals surface area contributed by atoms with Crippen LogP contribution < -0.4 is 0 Å². The number of allylic oxidation sites excluding steroid dienone is 1. The maximum absolute atomic E-state index is 12.7. The number of non-ortho nitro benzene ring substituents is 1. The second-order valence-electron chi connectivity index (χ2n) is 3.44. The van der Waals surface area contributed by atoms with Gasteiger partial charge in [0.05, 0.1) is 10.5 Å². The molecule has 0 unspecified atom stereocenters. The van der Waals surface area contributed by atoms with Crippen LogP contribution in [0, 0.1) is 10.1 Å². The Morgan fingerprint density at radius 2 is 2.06 bits per heavy atom. The third-order valence-corrected chi connectivity index (χ3v) is 2.40. The molecule has 0 saturated carbocycles. The van der Waals surface area contributed by atoms with Crippen molar-refractivity contribution in [2.45, 2.75) is 12.6 Å². The quantitative estimate of drug-likeness (QED) is 0.514. The third kappa shape index (κ3) is 3.76. The van der Waals surface area contributed by atoms with Crippen LogP contribution in [0.15, 0.2) is 24.3 Å². The first-order valence-electron chi connectivity index (χ1n) is 4.99. The van der Waals surface area contributed by atoms with Crippen molar-refractivity contribution in [3.63, 3.8) is 0 Å². The van der Waals surface area contributed by atoms with Gasteiger partial charge in [-0.05, 0) is 23.8 Å². The molecule has 0 aliphatic heterocycles. The van der Waals surface area contributed by atoms with Crippen LogP contribution in [0.4, 0.5) is 18.9 Å². The molecule has 0 radical (unpaired) electrons. The molecule has 3 nitrogen and oxygen atoms in total. The van der Waals surface area contributed by atoms with Gasteiger partial charge >= 0.3 is 6.18 Å². The first kappa shape index (κ1) is 14.6. The van der Waals surface area contributed by atoms with Crippen molar-refractivity contribution in [2.75, 3.05) is 5.75 Å². The van der Waals surface area contributed by atoms with Crippen LogP contribution in [0.2, 0.25) is 0 Å². The number of nitrogens with zero attached hydrogens (tertiary/aromatic N) is 1. The van der Waals surface area contributed by atoms with E-state index >= 15 is 0 Å². The molecule has 0 aliphatic carbocycles. The van der Waals surface area contributed by atoms with E-state index in [1.807, 2.05) is 0 Å². The molecule has 0 aliphatic rings. The second kappa shape index (κ2) is 5.90. The smallest absolute Gasteiger partial charge is 0.258 e. The first-order chi connectivity index (χ1) is 8.36. The number of alkyl halides is 3. The molecule has 1 aromatic rings. The zero-order valence-electron chi connectivity index (χ0n) is 9.15. The van der Waals surface area contributed by atoms with Gasteiger partial charge in [0.15, 0.2) is 0 Å². The third-order valence-electron chi connectivity index (χ3n) is 2.14. The molecule has 0 heterocycles. The van der Waals surface area contributed by atoms with Gasteiger partial charge in [0.25, 0.3) is 5.69 Å². The molecule has 18 heavy (non-hydrogen) atoms. The van der Waals surface area contributed by atoms with E-state index in [2.05, 4.69) is 12.6 Å². The summed E-state index contributed by atoms with van der Waals surface area (Å²) in [6.45, 7) is 0. The van der Waals surface area contributed by atoms with Gasteiger partial charge in [-0.3, -0.25) is 10.1 Å². The predicted octanol–water partition coefficient (Wildman–Crippen LogP) is 3.95. The molecule has 0 atom stereocenters. The lowest BCUT2D eigenvalue weighted by Crippen LogP contribution is -2.07. The fraction of sp³-hybridized carbons (Fsp3) is 0.273. The second-order valence-corrected chi connectivity index (χ2v) is 3.89. The monoisotopic (exact) mass is 277 g/mol. The fourth-order valence-corrected chi connectivity index (χ4v) is 1.49. The summed E-state index contributed by atoms with van der Waals surface area (Å²) in [6, 6.07) is 2.48. The van der Waals surface area contributed by atoms with E-state index in [9.17, 15) is 23.3 Å². The highest BCUT2D eigenvalue weighted by molar-refractivity contribution is 7.80. The maximum atomic E-state index is 12.7. The zero-order chi connectivity index (χ0) is 13.8. The molecular weight excluding hydrogens is 267 g/mol. The Kier molecular flexibility index (Phi) is 4.77. The lowest BCUT2D eigenvalue weighted by molar-refractivity contribution is -0.384. The Morgan fingerprint density at radius 3 is 2.56 bits per heavy atom. The van der Waals surface area contributed by atoms with Gasteiger partial charge in [-0.15, -0.1) is 0 Å². The van der Waals surface area contributed by atoms with Crippen molar-refractivity contribution in [3.8, 4) is 0 Å². The van der Waals surface area contributed by atoms with E-state index in [4.69, 9.17) is 0 Å². The highest BCUT2D eigenvalue weighted by Crippen LogP contribution is 2.34. The zero-order valence-corrected chi connectivity index (χ0v) is 10.0.